The van der Waals surface area contributed by atoms with Crippen molar-refractivity contribution in [1.82, 2.24) is 0 Å². The van der Waals surface area contributed by atoms with Gasteiger partial charge in [0.25, 0.3) is 0 Å². The molecule has 0 fully saturated rings. The van der Waals surface area contributed by atoms with E-state index in [1.165, 1.54) is 6.07 Å². The van der Waals surface area contributed by atoms with Crippen molar-refractivity contribution in [3.05, 3.63) is 10.4 Å². The number of anilines is 1. The molecule has 0 bridgehead atoms. The minimum Gasteiger partial charge on any atom is -0.499 e. The molecule has 0 aliphatic rings. The molecule has 0 saturated heterocycles. The lowest BCUT2D eigenvalue weighted by molar-refractivity contribution is 0.491. The number of hydrogen-bond acceptors (Lipinski definition) is 3. The van der Waals surface area contributed by atoms with Crippen LogP contribution in [0.2, 0.25) is 4.34 Å². The van der Waals surface area contributed by atoms with E-state index in [1.54, 1.807) is 0 Å². The van der Waals surface area contributed by atoms with Crippen molar-refractivity contribution in [1.29, 1.82) is 0 Å². The molecule has 0 amide bonds. The molecule has 44 valence electrons. The number of nitrogens with two attached hydrogens (primary N) is 1. The summed E-state index contributed by atoms with van der Waals surface area (Å²) in [6.07, 6.45) is 0. The number of hydrogen-bond donors (Lipinski definition) is 2. The van der Waals surface area contributed by atoms with Crippen LogP contribution in [0.15, 0.2) is 6.07 Å². The highest BCUT2D eigenvalue weighted by atomic mass is 35.5. The average Bonchev–Trinajstić information content (AvgIpc) is 1.85. The Kier molecular flexibility index (Phi) is 1.31. The van der Waals surface area contributed by atoms with Crippen LogP contribution in [0.25, 0.3) is 0 Å². The normalized spacial score (nSPS) is 9.62. The first-order valence-electron chi connectivity index (χ1n) is 1.94. The van der Waals surface area contributed by atoms with Crippen molar-refractivity contribution in [2.75, 3.05) is 5.73 Å². The first-order valence-corrected chi connectivity index (χ1v) is 3.13. The molecule has 0 unspecified atom stereocenters. The summed E-state index contributed by atoms with van der Waals surface area (Å²) in [6.45, 7) is 0. The van der Waals surface area contributed by atoms with E-state index >= 15 is 0 Å². The average molecular weight is 150 g/mol. The maximum Gasteiger partial charge on any atom is 0.174 e. The quantitative estimate of drug-likeness (QED) is 0.590. The summed E-state index contributed by atoms with van der Waals surface area (Å²) in [5.74, 6) is 0. The van der Waals surface area contributed by atoms with Gasteiger partial charge in [0.15, 0.2) is 5.06 Å². The molecule has 0 spiro atoms. The van der Waals surface area contributed by atoms with Crippen LogP contribution in [-0.4, -0.2) is 5.11 Å². The molecule has 3 N–H and O–H groups in total. The highest BCUT2D eigenvalue weighted by molar-refractivity contribution is 7.18. The summed E-state index contributed by atoms with van der Waals surface area (Å²) < 4.78 is 0.447. The summed E-state index contributed by atoms with van der Waals surface area (Å²) in [6, 6.07) is 1.42. The Bertz CT molecular complexity index is 178. The molecule has 4 heteroatoms. The molecule has 0 radical (unpaired) electrons. The molecule has 0 saturated carbocycles. The monoisotopic (exact) mass is 149 g/mol. The van der Waals surface area contributed by atoms with Crippen molar-refractivity contribution >= 4 is 28.6 Å². The van der Waals surface area contributed by atoms with Crippen molar-refractivity contribution in [3.63, 3.8) is 0 Å². The van der Waals surface area contributed by atoms with E-state index in [0.717, 1.165) is 11.3 Å². The second-order valence-corrected chi connectivity index (χ2v) is 2.95. The van der Waals surface area contributed by atoms with Crippen LogP contribution in [0.4, 0.5) is 5.69 Å². The molecule has 1 heterocycles. The van der Waals surface area contributed by atoms with E-state index in [4.69, 9.17) is 22.4 Å². The van der Waals surface area contributed by atoms with E-state index in [-0.39, 0.29) is 5.06 Å². The van der Waals surface area contributed by atoms with Crippen LogP contribution < -0.4 is 5.73 Å². The molecule has 0 aliphatic heterocycles. The van der Waals surface area contributed by atoms with Crippen LogP contribution in [0.1, 0.15) is 0 Å². The maximum absolute atomic E-state index is 8.69. The standard InChI is InChI=1S/C4H4ClNOS/c5-4-2(6)1-3(7)8-4/h1,7H,6H2. The Morgan fingerprint density at radius 1 is 1.75 bits per heavy atom. The van der Waals surface area contributed by atoms with Gasteiger partial charge in [0, 0.05) is 6.07 Å². The van der Waals surface area contributed by atoms with Crippen LogP contribution in [0, 0.1) is 0 Å². The third-order valence-corrected chi connectivity index (χ3v) is 1.89. The Morgan fingerprint density at radius 2 is 2.38 bits per heavy atom. The van der Waals surface area contributed by atoms with Gasteiger partial charge in [0.1, 0.15) is 4.34 Å². The molecule has 0 aromatic carbocycles. The van der Waals surface area contributed by atoms with Crippen LogP contribution in [0.5, 0.6) is 5.06 Å². The largest absolute Gasteiger partial charge is 0.499 e. The lowest BCUT2D eigenvalue weighted by atomic mass is 10.5. The minimum atomic E-state index is 0.160. The molecule has 2 nitrogen and oxygen atoms in total. The van der Waals surface area contributed by atoms with Gasteiger partial charge in [-0.05, 0) is 0 Å². The molecule has 1 rings (SSSR count). The van der Waals surface area contributed by atoms with E-state index in [1.807, 2.05) is 0 Å². The van der Waals surface area contributed by atoms with E-state index < -0.39 is 0 Å². The topological polar surface area (TPSA) is 46.2 Å². The predicted octanol–water partition coefficient (Wildman–Crippen LogP) is 1.69. The van der Waals surface area contributed by atoms with E-state index in [0.29, 0.717) is 10.0 Å². The lowest BCUT2D eigenvalue weighted by Gasteiger charge is -1.77. The Balaban J connectivity index is 3.14. The Morgan fingerprint density at radius 3 is 2.50 bits per heavy atom. The lowest BCUT2D eigenvalue weighted by Crippen LogP contribution is -1.77. The first kappa shape index (κ1) is 5.72. The summed E-state index contributed by atoms with van der Waals surface area (Å²) in [4.78, 5) is 0. The molecule has 0 aliphatic carbocycles. The maximum atomic E-state index is 8.69. The second-order valence-electron chi connectivity index (χ2n) is 1.31. The zero-order valence-corrected chi connectivity index (χ0v) is 5.46. The number of halogens is 1. The fourth-order valence-electron chi connectivity index (χ4n) is 0.370. The zero-order valence-electron chi connectivity index (χ0n) is 3.89. The molecular formula is C4H4ClNOS. The summed E-state index contributed by atoms with van der Waals surface area (Å²) in [5.41, 5.74) is 5.70. The predicted molar refractivity (Wildman–Crippen MR) is 35.4 cm³/mol. The number of rotatable bonds is 0. The van der Waals surface area contributed by atoms with Crippen LogP contribution in [0.3, 0.4) is 0 Å². The highest BCUT2D eigenvalue weighted by Gasteiger charge is 1.99. The van der Waals surface area contributed by atoms with Crippen LogP contribution >= 0.6 is 22.9 Å². The van der Waals surface area contributed by atoms with Crippen molar-refractivity contribution < 1.29 is 5.11 Å². The third-order valence-electron chi connectivity index (χ3n) is 0.700. The fraction of sp³-hybridized carbons (Fsp3) is 0. The Labute approximate surface area is 55.5 Å². The fourth-order valence-corrected chi connectivity index (χ4v) is 1.21. The molecule has 1 aromatic heterocycles. The smallest absolute Gasteiger partial charge is 0.174 e. The number of nitrogen functional groups attached to an aromatic ring is 1. The molecule has 1 aromatic rings. The minimum absolute atomic E-state index is 0.160. The van der Waals surface area contributed by atoms with Crippen molar-refractivity contribution in [2.24, 2.45) is 0 Å². The summed E-state index contributed by atoms with van der Waals surface area (Å²) >= 11 is 6.53. The van der Waals surface area contributed by atoms with Gasteiger partial charge in [-0.25, -0.2) is 0 Å². The van der Waals surface area contributed by atoms with Gasteiger partial charge >= 0.3 is 0 Å². The van der Waals surface area contributed by atoms with Gasteiger partial charge in [-0.1, -0.05) is 22.9 Å². The van der Waals surface area contributed by atoms with Gasteiger partial charge < -0.3 is 10.8 Å². The summed E-state index contributed by atoms with van der Waals surface area (Å²) in [7, 11) is 0. The second kappa shape index (κ2) is 1.84. The third kappa shape index (κ3) is 0.877. The summed E-state index contributed by atoms with van der Waals surface area (Å²) in [5, 5.41) is 8.85. The van der Waals surface area contributed by atoms with Gasteiger partial charge in [0.2, 0.25) is 0 Å². The van der Waals surface area contributed by atoms with Gasteiger partial charge in [0.05, 0.1) is 5.69 Å². The van der Waals surface area contributed by atoms with Crippen LogP contribution in [-0.2, 0) is 0 Å². The number of thiophene rings is 1. The SMILES string of the molecule is Nc1cc(O)sc1Cl. The van der Waals surface area contributed by atoms with Crippen molar-refractivity contribution in [3.8, 4) is 5.06 Å². The molecule has 0 atom stereocenters. The first-order chi connectivity index (χ1) is 3.70. The van der Waals surface area contributed by atoms with Gasteiger partial charge in [-0.15, -0.1) is 0 Å². The van der Waals surface area contributed by atoms with Crippen molar-refractivity contribution in [2.45, 2.75) is 0 Å². The van der Waals surface area contributed by atoms with E-state index in [2.05, 4.69) is 0 Å². The van der Waals surface area contributed by atoms with Gasteiger partial charge in [-0.2, -0.15) is 0 Å². The highest BCUT2D eigenvalue weighted by Crippen LogP contribution is 2.33. The molecule has 8 heavy (non-hydrogen) atoms. The molecular weight excluding hydrogens is 146 g/mol. The van der Waals surface area contributed by atoms with Gasteiger partial charge in [-0.3, -0.25) is 0 Å². The Hall–Kier alpha value is -0.410. The zero-order chi connectivity index (χ0) is 6.15. The number of aromatic hydroxyl groups is 1. The van der Waals surface area contributed by atoms with E-state index in [9.17, 15) is 0 Å².